The molecule has 14 heavy (non-hydrogen) atoms. The van der Waals surface area contributed by atoms with Crippen molar-refractivity contribution in [2.24, 2.45) is 0 Å². The summed E-state index contributed by atoms with van der Waals surface area (Å²) in [4.78, 5) is 15.2. The molecule has 7 heteroatoms. The largest absolute Gasteiger partial charge is 0.363 e. The van der Waals surface area contributed by atoms with Crippen LogP contribution in [0.1, 0.15) is 16.4 Å². The first-order chi connectivity index (χ1) is 6.75. The Morgan fingerprint density at radius 2 is 2.50 bits per heavy atom. The fourth-order valence-electron chi connectivity index (χ4n) is 0.893. The van der Waals surface area contributed by atoms with Crippen LogP contribution in [0.2, 0.25) is 0 Å². The fourth-order valence-corrected chi connectivity index (χ4v) is 0.893. The number of hydrogen-bond donors (Lipinski definition) is 2. The Bertz CT molecular complexity index is 433. The van der Waals surface area contributed by atoms with Gasteiger partial charge in [-0.1, -0.05) is 5.16 Å². The molecule has 0 unspecified atom stereocenters. The molecule has 0 aliphatic carbocycles. The van der Waals surface area contributed by atoms with E-state index >= 15 is 0 Å². The summed E-state index contributed by atoms with van der Waals surface area (Å²) >= 11 is 0. The van der Waals surface area contributed by atoms with Crippen LogP contribution < -0.4 is 5.32 Å². The second-order valence-corrected chi connectivity index (χ2v) is 2.58. The topological polar surface area (TPSA) is 96.7 Å². The first-order valence-corrected chi connectivity index (χ1v) is 3.86. The van der Waals surface area contributed by atoms with Crippen molar-refractivity contribution in [3.05, 3.63) is 24.0 Å². The minimum atomic E-state index is -0.428. The van der Waals surface area contributed by atoms with Gasteiger partial charge in [-0.3, -0.25) is 9.89 Å². The van der Waals surface area contributed by atoms with E-state index < -0.39 is 5.91 Å². The van der Waals surface area contributed by atoms with Gasteiger partial charge < -0.3 is 9.84 Å². The second-order valence-electron chi connectivity index (χ2n) is 2.58. The monoisotopic (exact) mass is 193 g/mol. The second kappa shape index (κ2) is 3.29. The third-order valence-corrected chi connectivity index (χ3v) is 1.48. The molecule has 2 aromatic rings. The van der Waals surface area contributed by atoms with E-state index in [1.54, 1.807) is 6.92 Å². The highest BCUT2D eigenvalue weighted by atomic mass is 16.5. The molecule has 2 N–H and O–H groups in total. The van der Waals surface area contributed by atoms with Crippen molar-refractivity contribution in [2.45, 2.75) is 6.92 Å². The number of rotatable bonds is 2. The van der Waals surface area contributed by atoms with Gasteiger partial charge in [0, 0.05) is 6.07 Å². The number of amides is 1. The number of carbonyl (C=O) groups is 1. The van der Waals surface area contributed by atoms with Crippen molar-refractivity contribution in [1.82, 2.24) is 20.3 Å². The predicted octanol–water partition coefficient (Wildman–Crippen LogP) is 0.353. The Labute approximate surface area is 78.5 Å². The summed E-state index contributed by atoms with van der Waals surface area (Å²) < 4.78 is 4.54. The molecule has 7 nitrogen and oxygen atoms in total. The van der Waals surface area contributed by atoms with Crippen LogP contribution in [-0.4, -0.2) is 26.2 Å². The summed E-state index contributed by atoms with van der Waals surface area (Å²) in [5.74, 6) is 0.557. The average molecular weight is 193 g/mol. The first kappa shape index (κ1) is 8.42. The molecule has 0 atom stereocenters. The Morgan fingerprint density at radius 1 is 1.64 bits per heavy atom. The highest BCUT2D eigenvalue weighted by Crippen LogP contribution is 2.02. The molecule has 2 heterocycles. The van der Waals surface area contributed by atoms with Crippen molar-refractivity contribution >= 4 is 11.7 Å². The average Bonchev–Trinajstić information content (AvgIpc) is 2.75. The number of nitrogens with zero attached hydrogens (tertiary/aromatic N) is 3. The fraction of sp³-hybridized carbons (Fsp3) is 0.143. The number of aromatic nitrogens is 4. The van der Waals surface area contributed by atoms with E-state index in [1.807, 2.05) is 0 Å². The molecule has 0 saturated heterocycles. The van der Waals surface area contributed by atoms with Crippen LogP contribution in [0, 0.1) is 6.92 Å². The molecule has 0 aliphatic heterocycles. The molecule has 2 aromatic heterocycles. The molecule has 2 rings (SSSR count). The van der Waals surface area contributed by atoms with Gasteiger partial charge in [-0.2, -0.15) is 0 Å². The van der Waals surface area contributed by atoms with E-state index in [0.717, 1.165) is 0 Å². The molecule has 1 amide bonds. The Hall–Kier alpha value is -2.18. The van der Waals surface area contributed by atoms with E-state index in [0.29, 0.717) is 11.6 Å². The van der Waals surface area contributed by atoms with E-state index in [-0.39, 0.29) is 5.82 Å². The minimum absolute atomic E-state index is 0.0745. The third-order valence-electron chi connectivity index (χ3n) is 1.48. The first-order valence-electron chi connectivity index (χ1n) is 3.86. The van der Waals surface area contributed by atoms with Crippen LogP contribution >= 0.6 is 0 Å². The van der Waals surface area contributed by atoms with Crippen LogP contribution in [-0.2, 0) is 0 Å². The molecule has 0 saturated carbocycles. The van der Waals surface area contributed by atoms with Gasteiger partial charge in [-0.15, -0.1) is 5.10 Å². The lowest BCUT2D eigenvalue weighted by molar-refractivity contribution is 0.101. The SMILES string of the molecule is Cc1nc(C(=O)Nc2ccon2)n[nH]1. The van der Waals surface area contributed by atoms with Crippen LogP contribution in [0.4, 0.5) is 5.82 Å². The molecule has 0 fully saturated rings. The zero-order valence-electron chi connectivity index (χ0n) is 7.31. The molecule has 0 bridgehead atoms. The quantitative estimate of drug-likeness (QED) is 0.717. The standard InChI is InChI=1S/C7H7N5O2/c1-4-8-6(11-10-4)7(13)9-5-2-3-14-12-5/h2-3H,1H3,(H,8,10,11)(H,9,12,13). The lowest BCUT2D eigenvalue weighted by Crippen LogP contribution is -2.13. The highest BCUT2D eigenvalue weighted by Gasteiger charge is 2.11. The van der Waals surface area contributed by atoms with Crippen molar-refractivity contribution in [1.29, 1.82) is 0 Å². The van der Waals surface area contributed by atoms with Gasteiger partial charge in [-0.25, -0.2) is 4.98 Å². The number of carbonyl (C=O) groups excluding carboxylic acids is 1. The van der Waals surface area contributed by atoms with Crippen LogP contribution in [0.3, 0.4) is 0 Å². The Balaban J connectivity index is 2.10. The van der Waals surface area contributed by atoms with Gasteiger partial charge in [0.15, 0.2) is 5.82 Å². The number of hydrogen-bond acceptors (Lipinski definition) is 5. The maximum absolute atomic E-state index is 11.4. The Morgan fingerprint density at radius 3 is 3.07 bits per heavy atom. The summed E-state index contributed by atoms with van der Waals surface area (Å²) in [5, 5.41) is 12.2. The summed E-state index contributed by atoms with van der Waals surface area (Å²) in [5.41, 5.74) is 0. The normalized spacial score (nSPS) is 10.1. The van der Waals surface area contributed by atoms with Gasteiger partial charge in [-0.05, 0) is 6.92 Å². The minimum Gasteiger partial charge on any atom is -0.363 e. The van der Waals surface area contributed by atoms with Gasteiger partial charge in [0.2, 0.25) is 5.82 Å². The predicted molar refractivity (Wildman–Crippen MR) is 45.6 cm³/mol. The van der Waals surface area contributed by atoms with E-state index in [1.165, 1.54) is 12.3 Å². The number of nitrogens with one attached hydrogen (secondary N) is 2. The van der Waals surface area contributed by atoms with Crippen LogP contribution in [0.15, 0.2) is 16.9 Å². The molecule has 0 spiro atoms. The highest BCUT2D eigenvalue weighted by molar-refractivity contribution is 6.00. The zero-order valence-corrected chi connectivity index (χ0v) is 7.31. The summed E-state index contributed by atoms with van der Waals surface area (Å²) in [6.07, 6.45) is 1.36. The summed E-state index contributed by atoms with van der Waals surface area (Å²) in [6, 6.07) is 1.53. The zero-order chi connectivity index (χ0) is 9.97. The molecule has 0 aliphatic rings. The number of aryl methyl sites for hydroxylation is 1. The van der Waals surface area contributed by atoms with Crippen molar-refractivity contribution in [3.63, 3.8) is 0 Å². The van der Waals surface area contributed by atoms with E-state index in [4.69, 9.17) is 0 Å². The van der Waals surface area contributed by atoms with Crippen molar-refractivity contribution < 1.29 is 9.32 Å². The lowest BCUT2D eigenvalue weighted by Gasteiger charge is -1.94. The molecular weight excluding hydrogens is 186 g/mol. The van der Waals surface area contributed by atoms with Gasteiger partial charge >= 0.3 is 0 Å². The maximum Gasteiger partial charge on any atom is 0.296 e. The van der Waals surface area contributed by atoms with Gasteiger partial charge in [0.1, 0.15) is 12.1 Å². The van der Waals surface area contributed by atoms with Gasteiger partial charge in [0.05, 0.1) is 0 Å². The number of H-pyrrole nitrogens is 1. The number of anilines is 1. The third kappa shape index (κ3) is 1.60. The van der Waals surface area contributed by atoms with Gasteiger partial charge in [0.25, 0.3) is 5.91 Å². The van der Waals surface area contributed by atoms with Crippen LogP contribution in [0.5, 0.6) is 0 Å². The van der Waals surface area contributed by atoms with E-state index in [9.17, 15) is 4.79 Å². The van der Waals surface area contributed by atoms with Crippen molar-refractivity contribution in [2.75, 3.05) is 5.32 Å². The van der Waals surface area contributed by atoms with Crippen LogP contribution in [0.25, 0.3) is 0 Å². The maximum atomic E-state index is 11.4. The Kier molecular flexibility index (Phi) is 1.98. The lowest BCUT2D eigenvalue weighted by atomic mass is 10.5. The molecular formula is C7H7N5O2. The molecule has 0 aromatic carbocycles. The number of aromatic amines is 1. The summed E-state index contributed by atoms with van der Waals surface area (Å²) in [6.45, 7) is 1.71. The molecule has 0 radical (unpaired) electrons. The smallest absolute Gasteiger partial charge is 0.296 e. The summed E-state index contributed by atoms with van der Waals surface area (Å²) in [7, 11) is 0. The molecule has 72 valence electrons. The van der Waals surface area contributed by atoms with E-state index in [2.05, 4.69) is 30.2 Å². The van der Waals surface area contributed by atoms with Crippen molar-refractivity contribution in [3.8, 4) is 0 Å².